The van der Waals surface area contributed by atoms with Gasteiger partial charge in [-0.05, 0) is 33.3 Å². The predicted molar refractivity (Wildman–Crippen MR) is 99.5 cm³/mol. The van der Waals surface area contributed by atoms with Crippen LogP contribution < -0.4 is 5.32 Å². The third-order valence-corrected chi connectivity index (χ3v) is 4.61. The molecule has 2 rings (SSSR count). The molecule has 8 heteroatoms. The molecule has 2 heterocycles. The quantitative estimate of drug-likeness (QED) is 0.790. The Morgan fingerprint density at radius 3 is 2.78 bits per heavy atom. The van der Waals surface area contributed by atoms with Crippen molar-refractivity contribution in [2.45, 2.75) is 40.2 Å². The van der Waals surface area contributed by atoms with Crippen molar-refractivity contribution in [2.24, 2.45) is 0 Å². The lowest BCUT2D eigenvalue weighted by atomic mass is 10.2. The highest BCUT2D eigenvalue weighted by Gasteiger charge is 2.21. The van der Waals surface area contributed by atoms with E-state index >= 15 is 0 Å². The summed E-state index contributed by atoms with van der Waals surface area (Å²) in [6, 6.07) is 1.74. The van der Waals surface area contributed by atoms with E-state index in [9.17, 15) is 14.4 Å². The second-order valence-electron chi connectivity index (χ2n) is 6.54. The third kappa shape index (κ3) is 5.82. The van der Waals surface area contributed by atoms with Crippen LogP contribution in [0.4, 0.5) is 0 Å². The van der Waals surface area contributed by atoms with Gasteiger partial charge >= 0.3 is 5.97 Å². The first kappa shape index (κ1) is 21.0. The van der Waals surface area contributed by atoms with Crippen LogP contribution in [0, 0.1) is 13.8 Å². The zero-order valence-corrected chi connectivity index (χ0v) is 16.4. The van der Waals surface area contributed by atoms with Gasteiger partial charge in [0.25, 0.3) is 0 Å². The molecular weight excluding hydrogens is 350 g/mol. The van der Waals surface area contributed by atoms with Gasteiger partial charge in [0.15, 0.2) is 0 Å². The van der Waals surface area contributed by atoms with Crippen LogP contribution in [-0.2, 0) is 25.6 Å². The number of esters is 1. The predicted octanol–water partition coefficient (Wildman–Crippen LogP) is 1.04. The molecule has 1 aliphatic rings. The average Bonchev–Trinajstić information content (AvgIpc) is 2.88. The van der Waals surface area contributed by atoms with Crippen LogP contribution in [0.25, 0.3) is 0 Å². The number of nitrogens with zero attached hydrogens (tertiary/aromatic N) is 2. The number of hydrogen-bond acceptors (Lipinski definition) is 5. The Labute approximate surface area is 159 Å². The number of nitrogens with one attached hydrogen (secondary N) is 1. The van der Waals surface area contributed by atoms with E-state index in [0.717, 1.165) is 12.1 Å². The minimum Gasteiger partial charge on any atom is -0.462 e. The lowest BCUT2D eigenvalue weighted by Crippen LogP contribution is -2.38. The summed E-state index contributed by atoms with van der Waals surface area (Å²) in [6.07, 6.45) is 0.987. The fourth-order valence-electron chi connectivity index (χ4n) is 3.10. The van der Waals surface area contributed by atoms with Crippen LogP contribution in [0.3, 0.4) is 0 Å². The summed E-state index contributed by atoms with van der Waals surface area (Å²) in [6.45, 7) is 8.29. The lowest BCUT2D eigenvalue weighted by molar-refractivity contribution is -0.132. The molecule has 8 nitrogen and oxygen atoms in total. The maximum Gasteiger partial charge on any atom is 0.339 e. The molecule has 0 bridgehead atoms. The first-order chi connectivity index (χ1) is 12.9. The number of ether oxygens (including phenoxy) is 2. The smallest absolute Gasteiger partial charge is 0.339 e. The standard InChI is InChI=1S/C19H29N3O5/c1-4-27-19(25)16-12-14(2)22(15(16)3)13-18(24)21-8-5-10-26-11-7-20-17(23)6-9-21/h12H,4-11,13H2,1-3H3,(H,20,23). The molecule has 0 atom stereocenters. The van der Waals surface area contributed by atoms with Crippen molar-refractivity contribution >= 4 is 17.8 Å². The highest BCUT2D eigenvalue weighted by atomic mass is 16.5. The lowest BCUT2D eigenvalue weighted by Gasteiger charge is -2.23. The van der Waals surface area contributed by atoms with E-state index in [4.69, 9.17) is 9.47 Å². The summed E-state index contributed by atoms with van der Waals surface area (Å²) in [5.41, 5.74) is 2.01. The molecule has 2 amide bonds. The maximum absolute atomic E-state index is 12.8. The Bertz CT molecular complexity index is 683. The van der Waals surface area contributed by atoms with E-state index in [0.29, 0.717) is 50.7 Å². The Balaban J connectivity index is 2.09. The van der Waals surface area contributed by atoms with Crippen LogP contribution in [-0.4, -0.2) is 66.7 Å². The van der Waals surface area contributed by atoms with Crippen molar-refractivity contribution in [3.8, 4) is 0 Å². The second-order valence-corrected chi connectivity index (χ2v) is 6.54. The van der Waals surface area contributed by atoms with E-state index in [2.05, 4.69) is 5.32 Å². The van der Waals surface area contributed by atoms with Gasteiger partial charge in [0.2, 0.25) is 11.8 Å². The monoisotopic (exact) mass is 379 g/mol. The molecule has 0 aromatic carbocycles. The van der Waals surface area contributed by atoms with Gasteiger partial charge in [0.1, 0.15) is 6.54 Å². The normalized spacial score (nSPS) is 16.4. The van der Waals surface area contributed by atoms with Crippen LogP contribution in [0.5, 0.6) is 0 Å². The fraction of sp³-hybridized carbons (Fsp3) is 0.632. The summed E-state index contributed by atoms with van der Waals surface area (Å²) in [7, 11) is 0. The van der Waals surface area contributed by atoms with Crippen molar-refractivity contribution in [1.29, 1.82) is 0 Å². The SMILES string of the molecule is CCOC(=O)c1cc(C)n(CC(=O)N2CCCOCCNC(=O)CC2)c1C. The molecule has 150 valence electrons. The molecule has 0 saturated carbocycles. The first-order valence-electron chi connectivity index (χ1n) is 9.40. The van der Waals surface area contributed by atoms with Gasteiger partial charge in [0, 0.05) is 44.0 Å². The Kier molecular flexibility index (Phi) is 7.84. The van der Waals surface area contributed by atoms with Gasteiger partial charge in [-0.3, -0.25) is 9.59 Å². The van der Waals surface area contributed by atoms with E-state index in [1.54, 1.807) is 24.8 Å². The van der Waals surface area contributed by atoms with Crippen molar-refractivity contribution in [1.82, 2.24) is 14.8 Å². The molecular formula is C19H29N3O5. The van der Waals surface area contributed by atoms with Crippen LogP contribution in [0.1, 0.15) is 41.5 Å². The number of carbonyl (C=O) groups is 3. The van der Waals surface area contributed by atoms with E-state index < -0.39 is 0 Å². The number of carbonyl (C=O) groups excluding carboxylic acids is 3. The zero-order chi connectivity index (χ0) is 19.8. The molecule has 0 radical (unpaired) electrons. The molecule has 0 unspecified atom stereocenters. The molecule has 1 aliphatic heterocycles. The second kappa shape index (κ2) is 10.1. The Hall–Kier alpha value is -2.35. The number of hydrogen-bond donors (Lipinski definition) is 1. The van der Waals surface area contributed by atoms with Crippen molar-refractivity contribution in [3.05, 3.63) is 23.0 Å². The topological polar surface area (TPSA) is 89.9 Å². The first-order valence-corrected chi connectivity index (χ1v) is 9.40. The van der Waals surface area contributed by atoms with E-state index in [1.165, 1.54) is 0 Å². The maximum atomic E-state index is 12.8. The van der Waals surface area contributed by atoms with Gasteiger partial charge < -0.3 is 24.3 Å². The Morgan fingerprint density at radius 2 is 2.04 bits per heavy atom. The minimum atomic E-state index is -0.381. The molecule has 27 heavy (non-hydrogen) atoms. The molecule has 1 saturated heterocycles. The van der Waals surface area contributed by atoms with Gasteiger partial charge in [-0.2, -0.15) is 0 Å². The van der Waals surface area contributed by atoms with Crippen molar-refractivity contribution in [2.75, 3.05) is 39.5 Å². The summed E-state index contributed by atoms with van der Waals surface area (Å²) in [5, 5.41) is 2.78. The van der Waals surface area contributed by atoms with Crippen LogP contribution in [0.15, 0.2) is 6.07 Å². The van der Waals surface area contributed by atoms with Gasteiger partial charge in [-0.15, -0.1) is 0 Å². The number of rotatable bonds is 4. The molecule has 0 spiro atoms. The number of amides is 2. The van der Waals surface area contributed by atoms with Gasteiger partial charge in [0.05, 0.1) is 18.8 Å². The fourth-order valence-corrected chi connectivity index (χ4v) is 3.10. The van der Waals surface area contributed by atoms with Gasteiger partial charge in [-0.25, -0.2) is 4.79 Å². The number of aromatic nitrogens is 1. The summed E-state index contributed by atoms with van der Waals surface area (Å²) in [5.74, 6) is -0.552. The van der Waals surface area contributed by atoms with Gasteiger partial charge in [-0.1, -0.05) is 0 Å². The summed E-state index contributed by atoms with van der Waals surface area (Å²) < 4.78 is 12.3. The largest absolute Gasteiger partial charge is 0.462 e. The molecule has 0 aliphatic carbocycles. The van der Waals surface area contributed by atoms with Crippen LogP contribution in [0.2, 0.25) is 0 Å². The third-order valence-electron chi connectivity index (χ3n) is 4.61. The summed E-state index contributed by atoms with van der Waals surface area (Å²) >= 11 is 0. The van der Waals surface area contributed by atoms with E-state index in [1.807, 2.05) is 11.5 Å². The minimum absolute atomic E-state index is 0.0840. The molecule has 1 N–H and O–H groups in total. The highest BCUT2D eigenvalue weighted by molar-refractivity contribution is 5.91. The number of aryl methyl sites for hydroxylation is 1. The Morgan fingerprint density at radius 1 is 1.26 bits per heavy atom. The van der Waals surface area contributed by atoms with Crippen LogP contribution >= 0.6 is 0 Å². The van der Waals surface area contributed by atoms with E-state index in [-0.39, 0.29) is 30.7 Å². The van der Waals surface area contributed by atoms with Crippen molar-refractivity contribution < 1.29 is 23.9 Å². The highest BCUT2D eigenvalue weighted by Crippen LogP contribution is 2.17. The molecule has 1 aromatic rings. The molecule has 1 aromatic heterocycles. The zero-order valence-electron chi connectivity index (χ0n) is 16.4. The molecule has 1 fully saturated rings. The van der Waals surface area contributed by atoms with Crippen molar-refractivity contribution in [3.63, 3.8) is 0 Å². The average molecular weight is 379 g/mol. The summed E-state index contributed by atoms with van der Waals surface area (Å²) in [4.78, 5) is 38.4.